The number of fused-ring (bicyclic) bond motifs is 1. The number of anilines is 1. The zero-order valence-corrected chi connectivity index (χ0v) is 23.1. The quantitative estimate of drug-likeness (QED) is 0.510. The number of likely N-dealkylation sites (tertiary alicyclic amines) is 1. The van der Waals surface area contributed by atoms with Gasteiger partial charge in [0.1, 0.15) is 11.6 Å². The van der Waals surface area contributed by atoms with Crippen molar-refractivity contribution in [2.45, 2.75) is 65.0 Å². The SMILES string of the molecule is CN1C(=O)CCC(N2C(=O)c3cccc(NCC4=CCC(C)(CCNC(=O)OC(C)(C)C)C=C4)c3C2=O)C1=O. The number of likely N-dealkylation sites (N-methyl/N-ethyl adjacent to an activating group) is 1. The van der Waals surface area contributed by atoms with Crippen LogP contribution in [0.1, 0.15) is 74.1 Å². The Morgan fingerprint density at radius 3 is 2.56 bits per heavy atom. The highest BCUT2D eigenvalue weighted by Crippen LogP contribution is 2.35. The van der Waals surface area contributed by atoms with E-state index < -0.39 is 35.5 Å². The maximum absolute atomic E-state index is 13.4. The standard InChI is InChI=1S/C29H36N4O6/c1-28(2,3)39-27(38)30-16-15-29(4)13-11-18(12-14-29)17-31-20-8-6-7-19-23(20)26(37)33(24(19)35)21-9-10-22(34)32(5)25(21)36/h6-8,11-13,21,31H,9-10,14-17H2,1-5H3,(H,30,38). The number of hydrogen-bond donors (Lipinski definition) is 2. The lowest BCUT2D eigenvalue weighted by Gasteiger charge is -2.32. The predicted octanol–water partition coefficient (Wildman–Crippen LogP) is 3.65. The molecule has 208 valence electrons. The van der Waals surface area contributed by atoms with Crippen molar-refractivity contribution in [3.63, 3.8) is 0 Å². The number of carbonyl (C=O) groups excluding carboxylic acids is 5. The molecule has 0 radical (unpaired) electrons. The number of imide groups is 2. The Bertz CT molecular complexity index is 1280. The van der Waals surface area contributed by atoms with Crippen LogP contribution >= 0.6 is 0 Å². The third kappa shape index (κ3) is 6.05. The first-order valence-electron chi connectivity index (χ1n) is 13.2. The molecule has 2 heterocycles. The Balaban J connectivity index is 1.36. The Morgan fingerprint density at radius 2 is 1.90 bits per heavy atom. The third-order valence-corrected chi connectivity index (χ3v) is 7.26. The molecular formula is C29H36N4O6. The molecule has 10 nitrogen and oxygen atoms in total. The summed E-state index contributed by atoms with van der Waals surface area (Å²) in [5, 5.41) is 6.08. The number of ether oxygens (including phenoxy) is 1. The average Bonchev–Trinajstić information content (AvgIpc) is 3.11. The molecular weight excluding hydrogens is 500 g/mol. The topological polar surface area (TPSA) is 125 Å². The van der Waals surface area contributed by atoms with E-state index in [0.717, 1.165) is 28.2 Å². The fraction of sp³-hybridized carbons (Fsp3) is 0.483. The number of carbonyl (C=O) groups is 5. The van der Waals surface area contributed by atoms with Crippen LogP contribution in [0.4, 0.5) is 10.5 Å². The molecule has 2 atom stereocenters. The first-order valence-corrected chi connectivity index (χ1v) is 13.2. The molecule has 2 unspecified atom stereocenters. The molecule has 2 aliphatic heterocycles. The van der Waals surface area contributed by atoms with E-state index in [4.69, 9.17) is 4.74 Å². The largest absolute Gasteiger partial charge is 0.444 e. The molecule has 0 bridgehead atoms. The molecule has 39 heavy (non-hydrogen) atoms. The molecule has 0 aromatic heterocycles. The fourth-order valence-corrected chi connectivity index (χ4v) is 4.96. The second kappa shape index (κ2) is 10.7. The molecule has 1 aliphatic carbocycles. The van der Waals surface area contributed by atoms with E-state index in [-0.39, 0.29) is 35.3 Å². The Labute approximate surface area is 228 Å². The van der Waals surface area contributed by atoms with E-state index >= 15 is 0 Å². The summed E-state index contributed by atoms with van der Waals surface area (Å²) in [5.74, 6) is -1.92. The number of alkyl carbamates (subject to hydrolysis) is 1. The second-order valence-corrected chi connectivity index (χ2v) is 11.6. The molecule has 1 aromatic carbocycles. The summed E-state index contributed by atoms with van der Waals surface area (Å²) in [7, 11) is 1.37. The number of hydrogen-bond acceptors (Lipinski definition) is 7. The van der Waals surface area contributed by atoms with E-state index in [2.05, 4.69) is 29.7 Å². The zero-order valence-electron chi connectivity index (χ0n) is 23.1. The van der Waals surface area contributed by atoms with E-state index in [1.54, 1.807) is 18.2 Å². The fourth-order valence-electron chi connectivity index (χ4n) is 4.96. The summed E-state index contributed by atoms with van der Waals surface area (Å²) in [6.45, 7) is 8.54. The van der Waals surface area contributed by atoms with Crippen molar-refractivity contribution in [2.75, 3.05) is 25.5 Å². The van der Waals surface area contributed by atoms with Crippen LogP contribution in [0, 0.1) is 5.41 Å². The van der Waals surface area contributed by atoms with Gasteiger partial charge in [-0.25, -0.2) is 4.79 Å². The van der Waals surface area contributed by atoms with Gasteiger partial charge in [-0.2, -0.15) is 0 Å². The maximum Gasteiger partial charge on any atom is 0.407 e. The van der Waals surface area contributed by atoms with Gasteiger partial charge in [0.25, 0.3) is 17.7 Å². The van der Waals surface area contributed by atoms with Crippen molar-refractivity contribution in [3.8, 4) is 0 Å². The van der Waals surface area contributed by atoms with Crippen molar-refractivity contribution in [2.24, 2.45) is 5.41 Å². The van der Waals surface area contributed by atoms with Gasteiger partial charge in [0.2, 0.25) is 5.91 Å². The van der Waals surface area contributed by atoms with Crippen LogP contribution in [0.2, 0.25) is 0 Å². The number of rotatable bonds is 7. The first-order chi connectivity index (χ1) is 18.3. The van der Waals surface area contributed by atoms with Gasteiger partial charge in [0.05, 0.1) is 11.1 Å². The van der Waals surface area contributed by atoms with Crippen molar-refractivity contribution in [1.29, 1.82) is 0 Å². The van der Waals surface area contributed by atoms with Crippen LogP contribution in [-0.2, 0) is 14.3 Å². The summed E-state index contributed by atoms with van der Waals surface area (Å²) >= 11 is 0. The van der Waals surface area contributed by atoms with Gasteiger partial charge in [-0.15, -0.1) is 0 Å². The summed E-state index contributed by atoms with van der Waals surface area (Å²) in [6, 6.07) is 4.04. The number of benzene rings is 1. The lowest BCUT2D eigenvalue weighted by atomic mass is 9.79. The molecule has 5 amide bonds. The van der Waals surface area contributed by atoms with Gasteiger partial charge in [0, 0.05) is 32.2 Å². The van der Waals surface area contributed by atoms with Crippen LogP contribution < -0.4 is 10.6 Å². The molecule has 2 N–H and O–H groups in total. The summed E-state index contributed by atoms with van der Waals surface area (Å²) in [5.41, 5.74) is 1.38. The van der Waals surface area contributed by atoms with Crippen LogP contribution in [0.5, 0.6) is 0 Å². The highest BCUT2D eigenvalue weighted by molar-refractivity contribution is 6.25. The second-order valence-electron chi connectivity index (χ2n) is 11.6. The van der Waals surface area contributed by atoms with Crippen LogP contribution in [-0.4, -0.2) is 71.3 Å². The van der Waals surface area contributed by atoms with Crippen molar-refractivity contribution in [3.05, 3.63) is 53.1 Å². The number of piperidine rings is 1. The van der Waals surface area contributed by atoms with Crippen LogP contribution in [0.3, 0.4) is 0 Å². The molecule has 3 aliphatic rings. The van der Waals surface area contributed by atoms with Gasteiger partial charge in [-0.05, 0) is 63.2 Å². The van der Waals surface area contributed by atoms with Crippen molar-refractivity contribution in [1.82, 2.24) is 15.1 Å². The van der Waals surface area contributed by atoms with Gasteiger partial charge in [-0.1, -0.05) is 31.2 Å². The van der Waals surface area contributed by atoms with Gasteiger partial charge < -0.3 is 15.4 Å². The number of nitrogens with one attached hydrogen (secondary N) is 2. The normalized spacial score (nSPS) is 23.1. The number of amides is 5. The first kappa shape index (κ1) is 28.1. The molecule has 1 fully saturated rings. The Kier molecular flexibility index (Phi) is 7.68. The minimum Gasteiger partial charge on any atom is -0.444 e. The van der Waals surface area contributed by atoms with Gasteiger partial charge in [0.15, 0.2) is 0 Å². The predicted molar refractivity (Wildman–Crippen MR) is 145 cm³/mol. The highest BCUT2D eigenvalue weighted by atomic mass is 16.6. The molecule has 0 spiro atoms. The minimum absolute atomic E-state index is 0.0991. The minimum atomic E-state index is -0.987. The van der Waals surface area contributed by atoms with Gasteiger partial charge >= 0.3 is 6.09 Å². The Hall–Kier alpha value is -3.95. The highest BCUT2D eigenvalue weighted by Gasteiger charge is 2.47. The van der Waals surface area contributed by atoms with E-state index in [0.29, 0.717) is 18.8 Å². The van der Waals surface area contributed by atoms with Gasteiger partial charge in [-0.3, -0.25) is 29.0 Å². The van der Waals surface area contributed by atoms with Crippen molar-refractivity contribution < 1.29 is 28.7 Å². The third-order valence-electron chi connectivity index (χ3n) is 7.26. The van der Waals surface area contributed by atoms with Crippen LogP contribution in [0.15, 0.2) is 42.0 Å². The summed E-state index contributed by atoms with van der Waals surface area (Å²) < 4.78 is 5.28. The van der Waals surface area contributed by atoms with Crippen LogP contribution in [0.25, 0.3) is 0 Å². The lowest BCUT2D eigenvalue weighted by Crippen LogP contribution is -2.54. The molecule has 4 rings (SSSR count). The molecule has 1 saturated heterocycles. The lowest BCUT2D eigenvalue weighted by molar-refractivity contribution is -0.149. The molecule has 0 saturated carbocycles. The smallest absolute Gasteiger partial charge is 0.407 e. The van der Waals surface area contributed by atoms with Crippen molar-refractivity contribution >= 4 is 35.4 Å². The zero-order chi connectivity index (χ0) is 28.5. The summed E-state index contributed by atoms with van der Waals surface area (Å²) in [4.78, 5) is 64.9. The molecule has 10 heteroatoms. The monoisotopic (exact) mass is 536 g/mol. The maximum atomic E-state index is 13.4. The summed E-state index contributed by atoms with van der Waals surface area (Å²) in [6.07, 6.45) is 7.60. The average molecular weight is 537 g/mol. The number of nitrogens with zero attached hydrogens (tertiary/aromatic N) is 2. The molecule has 1 aromatic rings. The number of allylic oxidation sites excluding steroid dienone is 2. The van der Waals surface area contributed by atoms with E-state index in [9.17, 15) is 24.0 Å². The Morgan fingerprint density at radius 1 is 1.15 bits per heavy atom. The van der Waals surface area contributed by atoms with E-state index in [1.807, 2.05) is 26.8 Å². The van der Waals surface area contributed by atoms with E-state index in [1.165, 1.54) is 7.05 Å².